The van der Waals surface area contributed by atoms with Crippen LogP contribution in [0.15, 0.2) is 12.4 Å². The van der Waals surface area contributed by atoms with E-state index in [0.29, 0.717) is 5.69 Å². The molecule has 0 aliphatic carbocycles. The first-order valence-corrected chi connectivity index (χ1v) is 5.85. The molecule has 1 aromatic rings. The van der Waals surface area contributed by atoms with Crippen molar-refractivity contribution in [3.8, 4) is 0 Å². The molecule has 6 heteroatoms. The van der Waals surface area contributed by atoms with Crippen LogP contribution in [0.25, 0.3) is 0 Å². The Hall–Kier alpha value is -1.69. The zero-order chi connectivity index (χ0) is 12.3. The molecular formula is C11H18N6. The van der Waals surface area contributed by atoms with Gasteiger partial charge in [-0.3, -0.25) is 5.41 Å². The SMILES string of the molecule is CCN1CCN(c2nccnc2C(=N)N)CC1. The number of rotatable bonds is 3. The first-order valence-electron chi connectivity index (χ1n) is 5.85. The van der Waals surface area contributed by atoms with Crippen LogP contribution in [0, 0.1) is 5.41 Å². The molecular weight excluding hydrogens is 216 g/mol. The third kappa shape index (κ3) is 2.52. The van der Waals surface area contributed by atoms with Crippen molar-refractivity contribution in [2.24, 2.45) is 5.73 Å². The third-order valence-corrected chi connectivity index (χ3v) is 3.05. The molecule has 2 heterocycles. The zero-order valence-corrected chi connectivity index (χ0v) is 10.1. The van der Waals surface area contributed by atoms with Gasteiger partial charge in [0.05, 0.1) is 0 Å². The first-order chi connectivity index (χ1) is 8.22. The fourth-order valence-corrected chi connectivity index (χ4v) is 2.03. The van der Waals surface area contributed by atoms with Gasteiger partial charge in [0.15, 0.2) is 5.82 Å². The highest BCUT2D eigenvalue weighted by atomic mass is 15.3. The van der Waals surface area contributed by atoms with Gasteiger partial charge < -0.3 is 15.5 Å². The monoisotopic (exact) mass is 234 g/mol. The highest BCUT2D eigenvalue weighted by Gasteiger charge is 2.20. The number of amidine groups is 1. The Balaban J connectivity index is 2.15. The summed E-state index contributed by atoms with van der Waals surface area (Å²) in [5, 5.41) is 7.51. The summed E-state index contributed by atoms with van der Waals surface area (Å²) in [4.78, 5) is 13.0. The van der Waals surface area contributed by atoms with Crippen molar-refractivity contribution in [3.05, 3.63) is 18.1 Å². The summed E-state index contributed by atoms with van der Waals surface area (Å²) in [6, 6.07) is 0. The van der Waals surface area contributed by atoms with Gasteiger partial charge in [-0.15, -0.1) is 0 Å². The number of aromatic nitrogens is 2. The van der Waals surface area contributed by atoms with Crippen LogP contribution < -0.4 is 10.6 Å². The summed E-state index contributed by atoms with van der Waals surface area (Å²) >= 11 is 0. The Morgan fingerprint density at radius 2 is 1.94 bits per heavy atom. The summed E-state index contributed by atoms with van der Waals surface area (Å²) in [5.41, 5.74) is 6.00. The lowest BCUT2D eigenvalue weighted by molar-refractivity contribution is 0.270. The number of nitrogens with two attached hydrogens (primary N) is 1. The predicted octanol–water partition coefficient (Wildman–Crippen LogP) is -0.0974. The fourth-order valence-electron chi connectivity index (χ4n) is 2.03. The largest absolute Gasteiger partial charge is 0.382 e. The second kappa shape index (κ2) is 5.09. The van der Waals surface area contributed by atoms with Gasteiger partial charge in [0.2, 0.25) is 0 Å². The Morgan fingerprint density at radius 3 is 2.53 bits per heavy atom. The Labute approximate surface area is 101 Å². The number of nitrogen functional groups attached to an aromatic ring is 1. The maximum Gasteiger partial charge on any atom is 0.158 e. The van der Waals surface area contributed by atoms with E-state index < -0.39 is 0 Å². The van der Waals surface area contributed by atoms with Crippen LogP contribution in [0.4, 0.5) is 5.82 Å². The van der Waals surface area contributed by atoms with Gasteiger partial charge in [-0.05, 0) is 6.54 Å². The number of anilines is 1. The Bertz CT molecular complexity index is 397. The second-order valence-electron chi connectivity index (χ2n) is 4.06. The van der Waals surface area contributed by atoms with Crippen LogP contribution >= 0.6 is 0 Å². The average molecular weight is 234 g/mol. The van der Waals surface area contributed by atoms with Gasteiger partial charge in [0, 0.05) is 38.6 Å². The number of hydrogen-bond donors (Lipinski definition) is 2. The third-order valence-electron chi connectivity index (χ3n) is 3.05. The van der Waals surface area contributed by atoms with Crippen LogP contribution in [0.2, 0.25) is 0 Å². The molecule has 1 aliphatic rings. The van der Waals surface area contributed by atoms with Crippen molar-refractivity contribution < 1.29 is 0 Å². The Kier molecular flexibility index (Phi) is 3.53. The molecule has 1 aromatic heterocycles. The topological polar surface area (TPSA) is 82.1 Å². The zero-order valence-electron chi connectivity index (χ0n) is 10.1. The van der Waals surface area contributed by atoms with Crippen molar-refractivity contribution in [3.63, 3.8) is 0 Å². The van der Waals surface area contributed by atoms with E-state index in [4.69, 9.17) is 11.1 Å². The minimum Gasteiger partial charge on any atom is -0.382 e. The molecule has 0 atom stereocenters. The van der Waals surface area contributed by atoms with Crippen molar-refractivity contribution in [1.29, 1.82) is 5.41 Å². The minimum atomic E-state index is -0.0222. The minimum absolute atomic E-state index is 0.0222. The summed E-state index contributed by atoms with van der Waals surface area (Å²) < 4.78 is 0. The summed E-state index contributed by atoms with van der Waals surface area (Å²) in [7, 11) is 0. The standard InChI is InChI=1S/C11H18N6/c1-2-16-5-7-17(8-6-16)11-9(10(12)13)14-3-4-15-11/h3-4H,2,5-8H2,1H3,(H3,12,13). The normalized spacial score (nSPS) is 17.1. The van der Waals surface area contributed by atoms with Gasteiger partial charge in [-0.1, -0.05) is 6.92 Å². The molecule has 0 aromatic carbocycles. The smallest absolute Gasteiger partial charge is 0.158 e. The molecule has 1 fully saturated rings. The molecule has 0 radical (unpaired) electrons. The van der Waals surface area contributed by atoms with Gasteiger partial charge in [-0.25, -0.2) is 9.97 Å². The van der Waals surface area contributed by atoms with E-state index in [2.05, 4.69) is 26.7 Å². The molecule has 17 heavy (non-hydrogen) atoms. The summed E-state index contributed by atoms with van der Waals surface area (Å²) in [6.45, 7) is 7.10. The number of hydrogen-bond acceptors (Lipinski definition) is 5. The molecule has 6 nitrogen and oxygen atoms in total. The van der Waals surface area contributed by atoms with Crippen LogP contribution in [0.1, 0.15) is 12.6 Å². The maximum atomic E-state index is 7.51. The molecule has 1 aliphatic heterocycles. The van der Waals surface area contributed by atoms with E-state index in [1.54, 1.807) is 12.4 Å². The lowest BCUT2D eigenvalue weighted by Crippen LogP contribution is -2.47. The first kappa shape index (κ1) is 11.8. The molecule has 0 unspecified atom stereocenters. The van der Waals surface area contributed by atoms with E-state index >= 15 is 0 Å². The highest BCUT2D eigenvalue weighted by molar-refractivity contribution is 5.97. The van der Waals surface area contributed by atoms with E-state index in [1.165, 1.54) is 0 Å². The molecule has 0 saturated carbocycles. The van der Waals surface area contributed by atoms with E-state index in [1.807, 2.05) is 0 Å². The molecule has 0 bridgehead atoms. The average Bonchev–Trinajstić information content (AvgIpc) is 2.39. The van der Waals surface area contributed by atoms with Crippen LogP contribution in [-0.2, 0) is 0 Å². The Morgan fingerprint density at radius 1 is 1.29 bits per heavy atom. The molecule has 92 valence electrons. The number of likely N-dealkylation sites (N-methyl/N-ethyl adjacent to an activating group) is 1. The summed E-state index contributed by atoms with van der Waals surface area (Å²) in [6.07, 6.45) is 3.22. The summed E-state index contributed by atoms with van der Waals surface area (Å²) in [5.74, 6) is 0.710. The molecule has 0 spiro atoms. The molecule has 0 amide bonds. The quantitative estimate of drug-likeness (QED) is 0.564. The fraction of sp³-hybridized carbons (Fsp3) is 0.545. The van der Waals surface area contributed by atoms with Crippen molar-refractivity contribution in [2.75, 3.05) is 37.6 Å². The predicted molar refractivity (Wildman–Crippen MR) is 67.4 cm³/mol. The highest BCUT2D eigenvalue weighted by Crippen LogP contribution is 2.16. The van der Waals surface area contributed by atoms with Crippen LogP contribution in [-0.4, -0.2) is 53.4 Å². The van der Waals surface area contributed by atoms with Gasteiger partial charge in [-0.2, -0.15) is 0 Å². The van der Waals surface area contributed by atoms with E-state index in [-0.39, 0.29) is 5.84 Å². The number of nitrogens with zero attached hydrogens (tertiary/aromatic N) is 4. The van der Waals surface area contributed by atoms with Crippen molar-refractivity contribution in [2.45, 2.75) is 6.92 Å². The lowest BCUT2D eigenvalue weighted by atomic mass is 10.2. The van der Waals surface area contributed by atoms with Crippen LogP contribution in [0.3, 0.4) is 0 Å². The second-order valence-corrected chi connectivity index (χ2v) is 4.06. The van der Waals surface area contributed by atoms with Gasteiger partial charge >= 0.3 is 0 Å². The number of nitrogens with one attached hydrogen (secondary N) is 1. The van der Waals surface area contributed by atoms with Gasteiger partial charge in [0.25, 0.3) is 0 Å². The van der Waals surface area contributed by atoms with Crippen molar-refractivity contribution >= 4 is 11.7 Å². The number of piperazine rings is 1. The molecule has 2 rings (SSSR count). The maximum absolute atomic E-state index is 7.51. The molecule has 1 saturated heterocycles. The van der Waals surface area contributed by atoms with Crippen LogP contribution in [0.5, 0.6) is 0 Å². The van der Waals surface area contributed by atoms with Gasteiger partial charge in [0.1, 0.15) is 11.5 Å². The van der Waals surface area contributed by atoms with E-state index in [9.17, 15) is 0 Å². The molecule has 3 N–H and O–H groups in total. The van der Waals surface area contributed by atoms with Crippen molar-refractivity contribution in [1.82, 2.24) is 14.9 Å². The van der Waals surface area contributed by atoms with E-state index in [0.717, 1.165) is 38.5 Å². The lowest BCUT2D eigenvalue weighted by Gasteiger charge is -2.35.